The van der Waals surface area contributed by atoms with E-state index < -0.39 is 0 Å². The van der Waals surface area contributed by atoms with Crippen LogP contribution in [0, 0.1) is 11.2 Å². The lowest BCUT2D eigenvalue weighted by Gasteiger charge is -2.37. The summed E-state index contributed by atoms with van der Waals surface area (Å²) in [5, 5.41) is 10.2. The van der Waals surface area contributed by atoms with Crippen LogP contribution in [0.4, 0.5) is 4.39 Å². The van der Waals surface area contributed by atoms with Crippen molar-refractivity contribution in [1.82, 2.24) is 9.88 Å². The first kappa shape index (κ1) is 15.9. The van der Waals surface area contributed by atoms with E-state index >= 15 is 0 Å². The Kier molecular flexibility index (Phi) is 4.59. The van der Waals surface area contributed by atoms with Crippen LogP contribution < -0.4 is 0 Å². The molecule has 0 saturated heterocycles. The van der Waals surface area contributed by atoms with Gasteiger partial charge in [0.25, 0.3) is 0 Å². The van der Waals surface area contributed by atoms with Crippen molar-refractivity contribution in [1.29, 1.82) is 0 Å². The second kappa shape index (κ2) is 6.08. The van der Waals surface area contributed by atoms with Crippen LogP contribution in [0.25, 0.3) is 10.9 Å². The van der Waals surface area contributed by atoms with Gasteiger partial charge in [0.2, 0.25) is 0 Å². The third-order valence-electron chi connectivity index (χ3n) is 3.92. The highest BCUT2D eigenvalue weighted by Crippen LogP contribution is 2.26. The lowest BCUT2D eigenvalue weighted by atomic mass is 9.86. The second-order valence-electron chi connectivity index (χ2n) is 6.59. The van der Waals surface area contributed by atoms with Gasteiger partial charge in [0, 0.05) is 24.2 Å². The fraction of sp³-hybridized carbons (Fsp3) is 0.471. The summed E-state index contributed by atoms with van der Waals surface area (Å²) in [6.45, 7) is 7.02. The van der Waals surface area contributed by atoms with Crippen LogP contribution in [0.5, 0.6) is 0 Å². The maximum Gasteiger partial charge on any atom is 0.132 e. The van der Waals surface area contributed by atoms with Gasteiger partial charge in [-0.15, -0.1) is 0 Å². The average molecular weight is 290 g/mol. The SMILES string of the molecule is CN(Cc1ccc(F)c2cccnc12)C(CO)C(C)(C)C. The van der Waals surface area contributed by atoms with Crippen LogP contribution in [-0.2, 0) is 6.54 Å². The summed E-state index contributed by atoms with van der Waals surface area (Å²) in [5.41, 5.74) is 1.62. The molecule has 21 heavy (non-hydrogen) atoms. The number of aliphatic hydroxyl groups is 1. The standard InChI is InChI=1S/C17H23FN2O/c1-17(2,3)15(11-21)20(4)10-12-7-8-14(18)13-6-5-9-19-16(12)13/h5-9,15,21H,10-11H2,1-4H3. The van der Waals surface area contributed by atoms with Crippen molar-refractivity contribution in [2.75, 3.05) is 13.7 Å². The van der Waals surface area contributed by atoms with Crippen LogP contribution >= 0.6 is 0 Å². The number of nitrogens with zero attached hydrogens (tertiary/aromatic N) is 2. The highest BCUT2D eigenvalue weighted by atomic mass is 19.1. The molecule has 3 nitrogen and oxygen atoms in total. The number of fused-ring (bicyclic) bond motifs is 1. The molecule has 0 aliphatic rings. The molecule has 4 heteroatoms. The number of hydrogen-bond donors (Lipinski definition) is 1. The summed E-state index contributed by atoms with van der Waals surface area (Å²) < 4.78 is 13.8. The van der Waals surface area contributed by atoms with Crippen LogP contribution in [0.1, 0.15) is 26.3 Å². The first-order chi connectivity index (χ1) is 9.84. The molecule has 1 atom stereocenters. The van der Waals surface area contributed by atoms with E-state index in [1.165, 1.54) is 6.07 Å². The van der Waals surface area contributed by atoms with Crippen molar-refractivity contribution in [3.8, 4) is 0 Å². The van der Waals surface area contributed by atoms with E-state index in [1.807, 2.05) is 7.05 Å². The normalized spacial score (nSPS) is 13.9. The summed E-state index contributed by atoms with van der Waals surface area (Å²) >= 11 is 0. The number of benzene rings is 1. The Balaban J connectivity index is 2.34. The zero-order valence-corrected chi connectivity index (χ0v) is 13.1. The summed E-state index contributed by atoms with van der Waals surface area (Å²) in [7, 11) is 1.98. The van der Waals surface area contributed by atoms with Crippen molar-refractivity contribution in [2.45, 2.75) is 33.4 Å². The lowest BCUT2D eigenvalue weighted by molar-refractivity contribution is 0.0616. The molecule has 2 aromatic rings. The summed E-state index contributed by atoms with van der Waals surface area (Å²) in [4.78, 5) is 6.41. The Labute approximate surface area is 125 Å². The lowest BCUT2D eigenvalue weighted by Crippen LogP contribution is -2.44. The monoisotopic (exact) mass is 290 g/mol. The van der Waals surface area contributed by atoms with Crippen molar-refractivity contribution in [2.24, 2.45) is 5.41 Å². The molecule has 0 aliphatic carbocycles. The van der Waals surface area contributed by atoms with E-state index in [0.717, 1.165) is 5.56 Å². The topological polar surface area (TPSA) is 36.4 Å². The Morgan fingerprint density at radius 2 is 2.00 bits per heavy atom. The number of aromatic nitrogens is 1. The average Bonchev–Trinajstić information content (AvgIpc) is 2.41. The van der Waals surface area contributed by atoms with Gasteiger partial charge in [-0.3, -0.25) is 9.88 Å². The number of likely N-dealkylation sites (N-methyl/N-ethyl adjacent to an activating group) is 1. The maximum absolute atomic E-state index is 13.8. The Hall–Kier alpha value is -1.52. The molecule has 0 spiro atoms. The Morgan fingerprint density at radius 3 is 2.62 bits per heavy atom. The molecule has 0 bridgehead atoms. The molecule has 0 radical (unpaired) electrons. The van der Waals surface area contributed by atoms with Gasteiger partial charge in [-0.2, -0.15) is 0 Å². The number of aliphatic hydroxyl groups excluding tert-OH is 1. The van der Waals surface area contributed by atoms with Crippen molar-refractivity contribution < 1.29 is 9.50 Å². The van der Waals surface area contributed by atoms with E-state index in [2.05, 4.69) is 30.7 Å². The van der Waals surface area contributed by atoms with Gasteiger partial charge in [0.15, 0.2) is 0 Å². The van der Waals surface area contributed by atoms with E-state index in [-0.39, 0.29) is 23.9 Å². The second-order valence-corrected chi connectivity index (χ2v) is 6.59. The molecule has 1 N–H and O–H groups in total. The van der Waals surface area contributed by atoms with E-state index in [0.29, 0.717) is 17.4 Å². The first-order valence-electron chi connectivity index (χ1n) is 7.18. The summed E-state index contributed by atoms with van der Waals surface area (Å²) in [5.74, 6) is -0.251. The van der Waals surface area contributed by atoms with E-state index in [4.69, 9.17) is 0 Å². The fourth-order valence-corrected chi connectivity index (χ4v) is 2.78. The van der Waals surface area contributed by atoms with Gasteiger partial charge in [-0.05, 0) is 36.2 Å². The molecule has 0 saturated carbocycles. The van der Waals surface area contributed by atoms with Crippen molar-refractivity contribution in [3.05, 3.63) is 41.8 Å². The van der Waals surface area contributed by atoms with Crippen LogP contribution in [-0.4, -0.2) is 34.7 Å². The number of halogens is 1. The number of rotatable bonds is 4. The molecule has 1 unspecified atom stereocenters. The molecular weight excluding hydrogens is 267 g/mol. The maximum atomic E-state index is 13.8. The zero-order valence-electron chi connectivity index (χ0n) is 13.1. The minimum absolute atomic E-state index is 0.0290. The Morgan fingerprint density at radius 1 is 1.29 bits per heavy atom. The largest absolute Gasteiger partial charge is 0.395 e. The fourth-order valence-electron chi connectivity index (χ4n) is 2.78. The molecule has 2 rings (SSSR count). The third-order valence-corrected chi connectivity index (χ3v) is 3.92. The molecule has 1 heterocycles. The third kappa shape index (κ3) is 3.39. The minimum atomic E-state index is -0.251. The van der Waals surface area contributed by atoms with Gasteiger partial charge >= 0.3 is 0 Å². The molecule has 1 aromatic heterocycles. The Bertz CT molecular complexity index is 622. The van der Waals surface area contributed by atoms with Crippen LogP contribution in [0.15, 0.2) is 30.5 Å². The van der Waals surface area contributed by atoms with Crippen LogP contribution in [0.2, 0.25) is 0 Å². The smallest absolute Gasteiger partial charge is 0.132 e. The number of pyridine rings is 1. The van der Waals surface area contributed by atoms with Crippen molar-refractivity contribution >= 4 is 10.9 Å². The minimum Gasteiger partial charge on any atom is -0.395 e. The van der Waals surface area contributed by atoms with Gasteiger partial charge in [0.1, 0.15) is 5.82 Å². The summed E-state index contributed by atoms with van der Waals surface area (Å²) in [6, 6.07) is 6.77. The molecule has 0 amide bonds. The van der Waals surface area contributed by atoms with Gasteiger partial charge in [0.05, 0.1) is 12.1 Å². The van der Waals surface area contributed by atoms with Gasteiger partial charge < -0.3 is 5.11 Å². The van der Waals surface area contributed by atoms with E-state index in [9.17, 15) is 9.50 Å². The number of hydrogen-bond acceptors (Lipinski definition) is 3. The predicted octanol–water partition coefficient (Wildman–Crippen LogP) is 3.21. The molecule has 0 aliphatic heterocycles. The highest BCUT2D eigenvalue weighted by Gasteiger charge is 2.28. The zero-order chi connectivity index (χ0) is 15.6. The molecule has 114 valence electrons. The summed E-state index contributed by atoms with van der Waals surface area (Å²) in [6.07, 6.45) is 1.68. The van der Waals surface area contributed by atoms with E-state index in [1.54, 1.807) is 24.4 Å². The predicted molar refractivity (Wildman–Crippen MR) is 83.5 cm³/mol. The van der Waals surface area contributed by atoms with Gasteiger partial charge in [-0.1, -0.05) is 26.8 Å². The molecular formula is C17H23FN2O. The quantitative estimate of drug-likeness (QED) is 0.939. The highest BCUT2D eigenvalue weighted by molar-refractivity contribution is 5.82. The molecule has 0 fully saturated rings. The first-order valence-corrected chi connectivity index (χ1v) is 7.18. The van der Waals surface area contributed by atoms with Crippen molar-refractivity contribution in [3.63, 3.8) is 0 Å². The van der Waals surface area contributed by atoms with Crippen LogP contribution in [0.3, 0.4) is 0 Å². The van der Waals surface area contributed by atoms with Gasteiger partial charge in [-0.25, -0.2) is 4.39 Å². The molecule has 1 aromatic carbocycles.